The smallest absolute Gasteiger partial charge is 0.274 e. The molecule has 1 atom stereocenters. The van der Waals surface area contributed by atoms with Crippen molar-refractivity contribution >= 4 is 10.0 Å². The molecule has 1 saturated heterocycles. The zero-order valence-electron chi connectivity index (χ0n) is 12.8. The standard InChI is InChI=1S/C14H25N3O3S/c1-12(17-8-4-3-5-9-17)10-16-21(18,19)14-7-6-13(20-14)11-15-2/h6-7,12,15-16H,3-5,8-11H2,1-2H3. The van der Waals surface area contributed by atoms with Crippen molar-refractivity contribution in [3.8, 4) is 0 Å². The lowest BCUT2D eigenvalue weighted by Gasteiger charge is -2.32. The summed E-state index contributed by atoms with van der Waals surface area (Å²) in [6.07, 6.45) is 3.67. The Hall–Kier alpha value is -0.890. The highest BCUT2D eigenvalue weighted by atomic mass is 32.2. The van der Waals surface area contributed by atoms with Gasteiger partial charge in [0.2, 0.25) is 5.09 Å². The molecule has 6 nitrogen and oxygen atoms in total. The molecule has 1 aliphatic rings. The third kappa shape index (κ3) is 4.54. The van der Waals surface area contributed by atoms with Crippen molar-refractivity contribution < 1.29 is 12.8 Å². The molecule has 1 aromatic rings. The van der Waals surface area contributed by atoms with E-state index in [9.17, 15) is 8.42 Å². The van der Waals surface area contributed by atoms with Gasteiger partial charge in [0.25, 0.3) is 10.0 Å². The number of hydrogen-bond acceptors (Lipinski definition) is 5. The molecule has 1 aliphatic heterocycles. The van der Waals surface area contributed by atoms with Crippen LogP contribution < -0.4 is 10.0 Å². The summed E-state index contributed by atoms with van der Waals surface area (Å²) in [6.45, 7) is 5.08. The van der Waals surface area contributed by atoms with Gasteiger partial charge in [0.05, 0.1) is 6.54 Å². The van der Waals surface area contributed by atoms with Gasteiger partial charge in [-0.15, -0.1) is 0 Å². The van der Waals surface area contributed by atoms with Crippen LogP contribution in [0.2, 0.25) is 0 Å². The van der Waals surface area contributed by atoms with Gasteiger partial charge in [0.1, 0.15) is 5.76 Å². The van der Waals surface area contributed by atoms with Crippen LogP contribution in [0.5, 0.6) is 0 Å². The SMILES string of the molecule is CNCc1ccc(S(=O)(=O)NCC(C)N2CCCCC2)o1. The lowest BCUT2D eigenvalue weighted by Crippen LogP contribution is -2.44. The summed E-state index contributed by atoms with van der Waals surface area (Å²) in [5.41, 5.74) is 0. The molecule has 0 spiro atoms. The number of piperidine rings is 1. The van der Waals surface area contributed by atoms with Crippen LogP contribution in [-0.4, -0.2) is 46.0 Å². The summed E-state index contributed by atoms with van der Waals surface area (Å²) in [5.74, 6) is 0.613. The Kier molecular flexibility index (Phi) is 5.80. The first kappa shape index (κ1) is 16.5. The van der Waals surface area contributed by atoms with E-state index in [1.54, 1.807) is 13.1 Å². The molecule has 2 N–H and O–H groups in total. The molecule has 0 radical (unpaired) electrons. The van der Waals surface area contributed by atoms with Crippen LogP contribution >= 0.6 is 0 Å². The summed E-state index contributed by atoms with van der Waals surface area (Å²) in [4.78, 5) is 2.33. The van der Waals surface area contributed by atoms with Gasteiger partial charge in [0.15, 0.2) is 0 Å². The van der Waals surface area contributed by atoms with E-state index in [2.05, 4.69) is 21.9 Å². The van der Waals surface area contributed by atoms with Crippen molar-refractivity contribution in [1.82, 2.24) is 14.9 Å². The monoisotopic (exact) mass is 315 g/mol. The molecular weight excluding hydrogens is 290 g/mol. The van der Waals surface area contributed by atoms with Crippen molar-refractivity contribution in [2.24, 2.45) is 0 Å². The van der Waals surface area contributed by atoms with Crippen LogP contribution in [0.3, 0.4) is 0 Å². The van der Waals surface area contributed by atoms with E-state index >= 15 is 0 Å². The fraction of sp³-hybridized carbons (Fsp3) is 0.714. The molecular formula is C14H25N3O3S. The van der Waals surface area contributed by atoms with Crippen LogP contribution in [0, 0.1) is 0 Å². The summed E-state index contributed by atoms with van der Waals surface area (Å²) in [7, 11) is -1.78. The summed E-state index contributed by atoms with van der Waals surface area (Å²) in [6, 6.07) is 3.38. The topological polar surface area (TPSA) is 74.6 Å². The zero-order chi connectivity index (χ0) is 15.3. The Balaban J connectivity index is 1.90. The molecule has 1 aromatic heterocycles. The first-order chi connectivity index (χ1) is 10.0. The van der Waals surface area contributed by atoms with Crippen LogP contribution in [0.25, 0.3) is 0 Å². The van der Waals surface area contributed by atoms with Crippen LogP contribution in [0.1, 0.15) is 31.9 Å². The normalized spacial score (nSPS) is 18.8. The maximum absolute atomic E-state index is 12.2. The van der Waals surface area contributed by atoms with Gasteiger partial charge in [-0.05, 0) is 52.0 Å². The zero-order valence-corrected chi connectivity index (χ0v) is 13.6. The molecule has 0 bridgehead atoms. The maximum Gasteiger partial charge on any atom is 0.274 e. The predicted octanol–water partition coefficient (Wildman–Crippen LogP) is 1.15. The highest BCUT2D eigenvalue weighted by molar-refractivity contribution is 7.89. The number of likely N-dealkylation sites (tertiary alicyclic amines) is 1. The molecule has 21 heavy (non-hydrogen) atoms. The summed E-state index contributed by atoms with van der Waals surface area (Å²) >= 11 is 0. The number of furan rings is 1. The second kappa shape index (κ2) is 7.40. The third-order valence-electron chi connectivity index (χ3n) is 3.84. The number of rotatable bonds is 7. The van der Waals surface area contributed by atoms with Crippen molar-refractivity contribution in [2.45, 2.75) is 43.9 Å². The fourth-order valence-electron chi connectivity index (χ4n) is 2.56. The molecule has 1 unspecified atom stereocenters. The summed E-state index contributed by atoms with van der Waals surface area (Å²) < 4.78 is 32.4. The number of nitrogens with one attached hydrogen (secondary N) is 2. The Bertz CT molecular complexity index is 535. The van der Waals surface area contributed by atoms with Crippen molar-refractivity contribution in [3.63, 3.8) is 0 Å². The Morgan fingerprint density at radius 3 is 2.67 bits per heavy atom. The van der Waals surface area contributed by atoms with Gasteiger partial charge in [-0.25, -0.2) is 13.1 Å². The van der Waals surface area contributed by atoms with E-state index in [1.165, 1.54) is 25.3 Å². The molecule has 7 heteroatoms. The largest absolute Gasteiger partial charge is 0.447 e. The lowest BCUT2D eigenvalue weighted by molar-refractivity contribution is 0.175. The highest BCUT2D eigenvalue weighted by Crippen LogP contribution is 2.15. The third-order valence-corrected chi connectivity index (χ3v) is 5.13. The lowest BCUT2D eigenvalue weighted by atomic mass is 10.1. The molecule has 0 aromatic carbocycles. The minimum Gasteiger partial charge on any atom is -0.447 e. The number of nitrogens with zero attached hydrogens (tertiary/aromatic N) is 1. The highest BCUT2D eigenvalue weighted by Gasteiger charge is 2.22. The maximum atomic E-state index is 12.2. The molecule has 0 saturated carbocycles. The number of sulfonamides is 1. The van der Waals surface area contributed by atoms with Gasteiger partial charge in [0, 0.05) is 12.6 Å². The molecule has 2 rings (SSSR count). The number of hydrogen-bond donors (Lipinski definition) is 2. The van der Waals surface area contributed by atoms with Crippen LogP contribution in [0.15, 0.2) is 21.6 Å². The van der Waals surface area contributed by atoms with E-state index in [-0.39, 0.29) is 11.1 Å². The van der Waals surface area contributed by atoms with Gasteiger partial charge in [-0.3, -0.25) is 4.90 Å². The average molecular weight is 315 g/mol. The Labute approximate surface area is 126 Å². The van der Waals surface area contributed by atoms with Gasteiger partial charge in [-0.1, -0.05) is 6.42 Å². The quantitative estimate of drug-likeness (QED) is 0.789. The molecule has 1 fully saturated rings. The second-order valence-corrected chi connectivity index (χ2v) is 7.25. The predicted molar refractivity (Wildman–Crippen MR) is 81.5 cm³/mol. The van der Waals surface area contributed by atoms with E-state index in [4.69, 9.17) is 4.42 Å². The Morgan fingerprint density at radius 1 is 1.29 bits per heavy atom. The van der Waals surface area contributed by atoms with Crippen LogP contribution in [-0.2, 0) is 16.6 Å². The minimum atomic E-state index is -3.56. The van der Waals surface area contributed by atoms with E-state index in [0.717, 1.165) is 13.1 Å². The van der Waals surface area contributed by atoms with Crippen LogP contribution in [0.4, 0.5) is 0 Å². The molecule has 2 heterocycles. The van der Waals surface area contributed by atoms with E-state index in [0.29, 0.717) is 18.8 Å². The molecule has 120 valence electrons. The molecule has 0 aliphatic carbocycles. The van der Waals surface area contributed by atoms with Crippen molar-refractivity contribution in [2.75, 3.05) is 26.7 Å². The first-order valence-corrected chi connectivity index (χ1v) is 8.98. The van der Waals surface area contributed by atoms with Gasteiger partial charge in [-0.2, -0.15) is 0 Å². The molecule has 0 amide bonds. The van der Waals surface area contributed by atoms with E-state index in [1.807, 2.05) is 0 Å². The van der Waals surface area contributed by atoms with Crippen molar-refractivity contribution in [1.29, 1.82) is 0 Å². The summed E-state index contributed by atoms with van der Waals surface area (Å²) in [5, 5.41) is 2.91. The fourth-order valence-corrected chi connectivity index (χ4v) is 3.63. The Morgan fingerprint density at radius 2 is 2.00 bits per heavy atom. The van der Waals surface area contributed by atoms with Gasteiger partial charge >= 0.3 is 0 Å². The van der Waals surface area contributed by atoms with Gasteiger partial charge < -0.3 is 9.73 Å². The van der Waals surface area contributed by atoms with E-state index < -0.39 is 10.0 Å². The van der Waals surface area contributed by atoms with Crippen molar-refractivity contribution in [3.05, 3.63) is 17.9 Å². The minimum absolute atomic E-state index is 0.0152. The average Bonchev–Trinajstić information content (AvgIpc) is 2.96. The first-order valence-electron chi connectivity index (χ1n) is 7.50. The second-order valence-electron chi connectivity index (χ2n) is 5.55.